The number of amides is 1. The van der Waals surface area contributed by atoms with Crippen LogP contribution in [0.3, 0.4) is 0 Å². The summed E-state index contributed by atoms with van der Waals surface area (Å²) in [6.07, 6.45) is 9.59. The first-order chi connectivity index (χ1) is 15.7. The van der Waals surface area contributed by atoms with E-state index in [1.54, 1.807) is 6.92 Å². The Labute approximate surface area is 196 Å². The molecule has 0 radical (unpaired) electrons. The van der Waals surface area contributed by atoms with Gasteiger partial charge >= 0.3 is 12.1 Å². The summed E-state index contributed by atoms with van der Waals surface area (Å²) in [5.74, 6) is 1.72. The molecule has 0 bridgehead atoms. The molecule has 3 saturated carbocycles. The zero-order chi connectivity index (χ0) is 23.6. The van der Waals surface area contributed by atoms with Crippen molar-refractivity contribution in [2.24, 2.45) is 33.7 Å². The molecule has 7 nitrogen and oxygen atoms in total. The summed E-state index contributed by atoms with van der Waals surface area (Å²) in [6.45, 7) is 10.5. The number of hydrogen-bond acceptors (Lipinski definition) is 6. The highest BCUT2D eigenvalue weighted by Crippen LogP contribution is 2.73. The molecule has 0 spiro atoms. The van der Waals surface area contributed by atoms with Crippen molar-refractivity contribution < 1.29 is 23.8 Å². The molecule has 8 atom stereocenters. The molecule has 0 aromatic rings. The Bertz CT molecular complexity index is 914. The van der Waals surface area contributed by atoms with Crippen LogP contribution in [0.5, 0.6) is 0 Å². The number of hydrogen-bond donors (Lipinski definition) is 1. The van der Waals surface area contributed by atoms with E-state index in [0.29, 0.717) is 24.4 Å². The van der Waals surface area contributed by atoms with Gasteiger partial charge in [-0.15, -0.1) is 0 Å². The van der Waals surface area contributed by atoms with Crippen LogP contribution in [0, 0.1) is 28.6 Å². The Morgan fingerprint density at radius 3 is 2.73 bits per heavy atom. The van der Waals surface area contributed by atoms with E-state index < -0.39 is 6.09 Å². The Morgan fingerprint density at radius 1 is 1.21 bits per heavy atom. The van der Waals surface area contributed by atoms with Crippen LogP contribution in [0.15, 0.2) is 16.8 Å². The van der Waals surface area contributed by atoms with Crippen molar-refractivity contribution in [1.82, 2.24) is 5.43 Å². The van der Waals surface area contributed by atoms with Crippen LogP contribution in [0.1, 0.15) is 79.6 Å². The van der Waals surface area contributed by atoms with Gasteiger partial charge < -0.3 is 14.2 Å². The zero-order valence-corrected chi connectivity index (χ0v) is 20.6. The normalized spacial score (nSPS) is 45.5. The van der Waals surface area contributed by atoms with Gasteiger partial charge in [-0.2, -0.15) is 5.10 Å². The van der Waals surface area contributed by atoms with Crippen LogP contribution < -0.4 is 5.43 Å². The molecular weight excluding hydrogens is 420 g/mol. The lowest BCUT2D eigenvalue weighted by atomic mass is 9.47. The molecule has 1 heterocycles. The fourth-order valence-electron chi connectivity index (χ4n) is 8.42. The third kappa shape index (κ3) is 3.28. The monoisotopic (exact) mass is 458 g/mol. The number of allylic oxidation sites excluding steroid dienone is 1. The second-order valence-corrected chi connectivity index (χ2v) is 11.3. The van der Waals surface area contributed by atoms with Crippen molar-refractivity contribution in [3.63, 3.8) is 0 Å². The number of carbonyl (C=O) groups excluding carboxylic acids is 2. The zero-order valence-electron chi connectivity index (χ0n) is 20.6. The van der Waals surface area contributed by atoms with Crippen molar-refractivity contribution >= 4 is 17.8 Å². The third-order valence-corrected chi connectivity index (χ3v) is 9.95. The molecule has 5 aliphatic rings. The summed E-state index contributed by atoms with van der Waals surface area (Å²) >= 11 is 0. The fraction of sp³-hybridized carbons (Fsp3) is 0.808. The van der Waals surface area contributed by atoms with Crippen LogP contribution >= 0.6 is 0 Å². The highest BCUT2D eigenvalue weighted by molar-refractivity contribution is 5.95. The van der Waals surface area contributed by atoms with Gasteiger partial charge in [-0.1, -0.05) is 25.5 Å². The van der Waals surface area contributed by atoms with Gasteiger partial charge in [0, 0.05) is 18.8 Å². The number of carbonyl (C=O) groups is 2. The Hall–Kier alpha value is -1.89. The lowest BCUT2D eigenvalue weighted by Gasteiger charge is -2.58. The number of esters is 1. The second kappa shape index (κ2) is 7.82. The maximum Gasteiger partial charge on any atom is 0.427 e. The van der Waals surface area contributed by atoms with Gasteiger partial charge in [0.05, 0.1) is 18.4 Å². The van der Waals surface area contributed by atoms with E-state index in [-0.39, 0.29) is 34.6 Å². The molecule has 182 valence electrons. The number of nitrogens with zero attached hydrogens (tertiary/aromatic N) is 1. The van der Waals surface area contributed by atoms with Crippen molar-refractivity contribution in [3.8, 4) is 0 Å². The van der Waals surface area contributed by atoms with Gasteiger partial charge in [0.25, 0.3) is 0 Å². The molecule has 0 unspecified atom stereocenters. The van der Waals surface area contributed by atoms with Gasteiger partial charge in [0.2, 0.25) is 0 Å². The van der Waals surface area contributed by atoms with Crippen LogP contribution in [0.4, 0.5) is 4.79 Å². The minimum absolute atomic E-state index is 0.0272. The molecule has 0 aromatic heterocycles. The first-order valence-corrected chi connectivity index (χ1v) is 12.7. The lowest BCUT2D eigenvalue weighted by Crippen LogP contribution is -2.54. The maximum atomic E-state index is 11.8. The Balaban J connectivity index is 1.36. The summed E-state index contributed by atoms with van der Waals surface area (Å²) < 4.78 is 16.9. The molecule has 33 heavy (non-hydrogen) atoms. The average molecular weight is 459 g/mol. The molecule has 4 aliphatic carbocycles. The number of epoxide rings is 1. The van der Waals surface area contributed by atoms with E-state index in [0.717, 1.165) is 44.2 Å². The quantitative estimate of drug-likeness (QED) is 0.216. The number of rotatable bonds is 4. The molecule has 1 amide bonds. The summed E-state index contributed by atoms with van der Waals surface area (Å²) in [6, 6.07) is 0. The average Bonchev–Trinajstić information content (AvgIpc) is 3.44. The lowest BCUT2D eigenvalue weighted by molar-refractivity contribution is -0.148. The SMILES string of the molecule is CCOC(=O)N/N=C(\C)[C@@]12O[C@@H]1C[C@H]1[C@@H]3CC=C4C[C@@H](OC(C)=O)CC[C@]4(C)[C@H]3CC[C@@]12C. The predicted octanol–water partition coefficient (Wildman–Crippen LogP) is 4.75. The summed E-state index contributed by atoms with van der Waals surface area (Å²) in [5.41, 5.74) is 4.79. The maximum absolute atomic E-state index is 11.8. The first-order valence-electron chi connectivity index (χ1n) is 12.7. The third-order valence-electron chi connectivity index (χ3n) is 9.95. The van der Waals surface area contributed by atoms with Gasteiger partial charge in [-0.05, 0) is 75.5 Å². The van der Waals surface area contributed by atoms with Gasteiger partial charge in [0.1, 0.15) is 11.7 Å². The molecule has 5 rings (SSSR count). The van der Waals surface area contributed by atoms with Gasteiger partial charge in [-0.25, -0.2) is 10.2 Å². The number of ether oxygens (including phenoxy) is 3. The van der Waals surface area contributed by atoms with E-state index in [1.807, 2.05) is 6.92 Å². The second-order valence-electron chi connectivity index (χ2n) is 11.3. The smallest absolute Gasteiger partial charge is 0.427 e. The molecule has 1 saturated heterocycles. The summed E-state index contributed by atoms with van der Waals surface area (Å²) in [7, 11) is 0. The van der Waals surface area contributed by atoms with E-state index in [2.05, 4.69) is 30.5 Å². The van der Waals surface area contributed by atoms with Crippen molar-refractivity contribution in [2.75, 3.05) is 6.61 Å². The topological polar surface area (TPSA) is 89.5 Å². The summed E-state index contributed by atoms with van der Waals surface area (Å²) in [4.78, 5) is 23.3. The van der Waals surface area contributed by atoms with Crippen molar-refractivity contribution in [3.05, 3.63) is 11.6 Å². The van der Waals surface area contributed by atoms with Crippen LogP contribution in [0.2, 0.25) is 0 Å². The van der Waals surface area contributed by atoms with E-state index in [9.17, 15) is 9.59 Å². The number of nitrogens with one attached hydrogen (secondary N) is 1. The molecule has 7 heteroatoms. The minimum Gasteiger partial charge on any atom is -0.462 e. The Morgan fingerprint density at radius 2 is 2.00 bits per heavy atom. The molecule has 0 aromatic carbocycles. The van der Waals surface area contributed by atoms with Gasteiger partial charge in [-0.3, -0.25) is 4.79 Å². The molecule has 1 N–H and O–H groups in total. The summed E-state index contributed by atoms with van der Waals surface area (Å²) in [5, 5.41) is 4.40. The van der Waals surface area contributed by atoms with E-state index >= 15 is 0 Å². The van der Waals surface area contributed by atoms with Crippen molar-refractivity contribution in [1.29, 1.82) is 0 Å². The number of hydrazone groups is 1. The number of fused-ring (bicyclic) bond motifs is 7. The van der Waals surface area contributed by atoms with E-state index in [1.165, 1.54) is 18.9 Å². The standard InChI is InChI=1S/C26H38N2O5/c1-6-31-23(30)28-27-15(2)26-22(33-26)14-21-19-8-7-17-13-18(32-16(3)29)9-11-24(17,4)20(19)10-12-25(21,26)5/h7,18-22H,6,8-14H2,1-5H3,(H,28,30)/b27-15+/t18-,19+,20-,21-,22+,24-,25-,26+/m0/s1. The predicted molar refractivity (Wildman–Crippen MR) is 124 cm³/mol. The molecule has 4 fully saturated rings. The van der Waals surface area contributed by atoms with Crippen molar-refractivity contribution in [2.45, 2.75) is 97.4 Å². The highest BCUT2D eigenvalue weighted by atomic mass is 16.6. The van der Waals surface area contributed by atoms with Crippen LogP contribution in [-0.2, 0) is 19.0 Å². The Kier molecular flexibility index (Phi) is 5.42. The largest absolute Gasteiger partial charge is 0.462 e. The van der Waals surface area contributed by atoms with Crippen LogP contribution in [0.25, 0.3) is 0 Å². The molecular formula is C26H38N2O5. The van der Waals surface area contributed by atoms with Gasteiger partial charge in [0.15, 0.2) is 0 Å². The molecule has 1 aliphatic heterocycles. The van der Waals surface area contributed by atoms with Crippen LogP contribution in [-0.4, -0.2) is 42.2 Å². The highest BCUT2D eigenvalue weighted by Gasteiger charge is 2.78. The fourth-order valence-corrected chi connectivity index (χ4v) is 8.42. The minimum atomic E-state index is -0.518. The first kappa shape index (κ1) is 22.9. The van der Waals surface area contributed by atoms with E-state index in [4.69, 9.17) is 14.2 Å².